The van der Waals surface area contributed by atoms with Gasteiger partial charge in [0.2, 0.25) is 0 Å². The maximum absolute atomic E-state index is 13.7. The Morgan fingerprint density at radius 2 is 2.06 bits per heavy atom. The van der Waals surface area contributed by atoms with Crippen molar-refractivity contribution >= 4 is 11.6 Å². The summed E-state index contributed by atoms with van der Waals surface area (Å²) in [6, 6.07) is 8.35. The van der Waals surface area contributed by atoms with Crippen molar-refractivity contribution in [3.63, 3.8) is 0 Å². The Morgan fingerprint density at radius 3 is 2.85 bits per heavy atom. The molecule has 0 radical (unpaired) electrons. The van der Waals surface area contributed by atoms with E-state index < -0.39 is 11.9 Å². The lowest BCUT2D eigenvalue weighted by Gasteiger charge is -2.22. The number of aromatic nitrogens is 3. The molecule has 172 valence electrons. The number of hydrogen-bond donors (Lipinski definition) is 0. The fourth-order valence-corrected chi connectivity index (χ4v) is 4.66. The predicted octanol–water partition coefficient (Wildman–Crippen LogP) is 4.94. The van der Waals surface area contributed by atoms with Gasteiger partial charge in [0.15, 0.2) is 5.69 Å². The van der Waals surface area contributed by atoms with Crippen molar-refractivity contribution in [2.75, 3.05) is 18.6 Å². The third-order valence-electron chi connectivity index (χ3n) is 6.36. The Bertz CT molecular complexity index is 1230. The number of fused-ring (bicyclic) bond motifs is 2. The molecule has 1 aliphatic carbocycles. The molecule has 5 rings (SSSR count). The normalized spacial score (nSPS) is 17.3. The quantitative estimate of drug-likeness (QED) is 0.560. The fourth-order valence-electron chi connectivity index (χ4n) is 4.66. The first-order valence-electron chi connectivity index (χ1n) is 10.9. The van der Waals surface area contributed by atoms with E-state index in [-0.39, 0.29) is 17.4 Å². The lowest BCUT2D eigenvalue weighted by molar-refractivity contribution is -0.142. The third-order valence-corrected chi connectivity index (χ3v) is 6.36. The number of nitrogens with zero attached hydrogens (tertiary/aromatic N) is 4. The lowest BCUT2D eigenvalue weighted by Crippen LogP contribution is -2.26. The molecule has 1 atom stereocenters. The van der Waals surface area contributed by atoms with Gasteiger partial charge in [0.1, 0.15) is 5.75 Å². The minimum absolute atomic E-state index is 0.0585. The first kappa shape index (κ1) is 21.5. The summed E-state index contributed by atoms with van der Waals surface area (Å²) >= 11 is 0. The van der Waals surface area contributed by atoms with Crippen molar-refractivity contribution in [1.29, 1.82) is 0 Å². The molecule has 1 aromatic carbocycles. The number of rotatable bonds is 3. The van der Waals surface area contributed by atoms with Crippen LogP contribution in [-0.4, -0.2) is 34.3 Å². The van der Waals surface area contributed by atoms with Crippen LogP contribution in [0.4, 0.5) is 18.9 Å². The predicted molar refractivity (Wildman–Crippen MR) is 116 cm³/mol. The molecule has 0 saturated carbocycles. The van der Waals surface area contributed by atoms with Crippen LogP contribution in [0, 0.1) is 0 Å². The van der Waals surface area contributed by atoms with E-state index in [4.69, 9.17) is 4.74 Å². The number of anilines is 1. The molecule has 1 aliphatic heterocycles. The number of pyridine rings is 1. The van der Waals surface area contributed by atoms with Gasteiger partial charge in [0.25, 0.3) is 5.91 Å². The lowest BCUT2D eigenvalue weighted by atomic mass is 9.87. The van der Waals surface area contributed by atoms with Crippen LogP contribution in [0.15, 0.2) is 36.5 Å². The number of halogens is 3. The summed E-state index contributed by atoms with van der Waals surface area (Å²) < 4.78 is 47.9. The van der Waals surface area contributed by atoms with Crippen molar-refractivity contribution in [3.8, 4) is 11.4 Å². The standard InChI is InChI=1S/C24H23F3N4O2/c1-14-5-3-8-18-21(14)31(29-22(18)24(25,26)27)16-7-4-6-15(11-16)23(32)30(2)17-12-20-19(28-13-17)9-10-33-20/h4,6-7,11-14H,3,5,8-10H2,1-2H3. The summed E-state index contributed by atoms with van der Waals surface area (Å²) in [4.78, 5) is 19.0. The Labute approximate surface area is 189 Å². The van der Waals surface area contributed by atoms with E-state index in [0.717, 1.165) is 18.5 Å². The zero-order chi connectivity index (χ0) is 23.3. The summed E-state index contributed by atoms with van der Waals surface area (Å²) in [5.41, 5.74) is 2.23. The number of benzene rings is 1. The zero-order valence-electron chi connectivity index (χ0n) is 18.3. The van der Waals surface area contributed by atoms with Gasteiger partial charge in [-0.1, -0.05) is 13.0 Å². The molecule has 33 heavy (non-hydrogen) atoms. The van der Waals surface area contributed by atoms with E-state index in [1.54, 1.807) is 43.6 Å². The Morgan fingerprint density at radius 1 is 1.24 bits per heavy atom. The Balaban J connectivity index is 1.51. The minimum atomic E-state index is -4.53. The molecule has 3 heterocycles. The van der Waals surface area contributed by atoms with Crippen molar-refractivity contribution in [1.82, 2.24) is 14.8 Å². The largest absolute Gasteiger partial charge is 0.491 e. The molecule has 0 N–H and O–H groups in total. The molecule has 2 aromatic heterocycles. The van der Waals surface area contributed by atoms with Gasteiger partial charge in [-0.15, -0.1) is 0 Å². The van der Waals surface area contributed by atoms with Crippen LogP contribution >= 0.6 is 0 Å². The van der Waals surface area contributed by atoms with Gasteiger partial charge in [-0.3, -0.25) is 9.78 Å². The first-order chi connectivity index (χ1) is 15.7. The van der Waals surface area contributed by atoms with Gasteiger partial charge < -0.3 is 9.64 Å². The van der Waals surface area contributed by atoms with Gasteiger partial charge in [-0.25, -0.2) is 4.68 Å². The summed E-state index contributed by atoms with van der Waals surface area (Å²) in [5.74, 6) is 0.302. The number of ether oxygens (including phenoxy) is 1. The second-order valence-corrected chi connectivity index (χ2v) is 8.57. The van der Waals surface area contributed by atoms with Gasteiger partial charge in [0, 0.05) is 30.7 Å². The van der Waals surface area contributed by atoms with Gasteiger partial charge in [0.05, 0.1) is 35.6 Å². The van der Waals surface area contributed by atoms with Crippen LogP contribution in [0.2, 0.25) is 0 Å². The Kier molecular flexibility index (Phi) is 5.14. The summed E-state index contributed by atoms with van der Waals surface area (Å²) in [6.45, 7) is 2.49. The third kappa shape index (κ3) is 3.75. The summed E-state index contributed by atoms with van der Waals surface area (Å²) in [7, 11) is 1.63. The van der Waals surface area contributed by atoms with E-state index in [1.165, 1.54) is 9.58 Å². The van der Waals surface area contributed by atoms with Crippen molar-refractivity contribution in [2.45, 2.75) is 44.7 Å². The van der Waals surface area contributed by atoms with Crippen molar-refractivity contribution in [3.05, 3.63) is 64.7 Å². The molecule has 0 fully saturated rings. The zero-order valence-corrected chi connectivity index (χ0v) is 18.3. The van der Waals surface area contributed by atoms with E-state index in [1.807, 2.05) is 6.92 Å². The maximum Gasteiger partial charge on any atom is 0.435 e. The van der Waals surface area contributed by atoms with Crippen LogP contribution in [0.25, 0.3) is 5.69 Å². The van der Waals surface area contributed by atoms with E-state index in [0.29, 0.717) is 47.8 Å². The number of carbonyl (C=O) groups is 1. The fraction of sp³-hybridized carbons (Fsp3) is 0.375. The summed E-state index contributed by atoms with van der Waals surface area (Å²) in [6.07, 6.45) is -0.320. The highest BCUT2D eigenvalue weighted by Gasteiger charge is 2.41. The van der Waals surface area contributed by atoms with Crippen LogP contribution < -0.4 is 9.64 Å². The van der Waals surface area contributed by atoms with Crippen molar-refractivity contribution < 1.29 is 22.7 Å². The van der Waals surface area contributed by atoms with E-state index in [2.05, 4.69) is 10.1 Å². The molecule has 3 aromatic rings. The molecule has 6 nitrogen and oxygen atoms in total. The molecule has 0 bridgehead atoms. The van der Waals surface area contributed by atoms with E-state index >= 15 is 0 Å². The average molecular weight is 456 g/mol. The molecular weight excluding hydrogens is 433 g/mol. The van der Waals surface area contributed by atoms with E-state index in [9.17, 15) is 18.0 Å². The molecule has 2 aliphatic rings. The number of alkyl halides is 3. The molecular formula is C24H23F3N4O2. The Hall–Kier alpha value is -3.36. The monoisotopic (exact) mass is 456 g/mol. The molecule has 0 spiro atoms. The molecule has 9 heteroatoms. The number of amides is 1. The smallest absolute Gasteiger partial charge is 0.435 e. The number of hydrogen-bond acceptors (Lipinski definition) is 4. The van der Waals surface area contributed by atoms with Crippen LogP contribution in [0.5, 0.6) is 5.75 Å². The van der Waals surface area contributed by atoms with Crippen LogP contribution in [0.3, 0.4) is 0 Å². The highest BCUT2D eigenvalue weighted by Crippen LogP contribution is 2.41. The van der Waals surface area contributed by atoms with Crippen LogP contribution in [0.1, 0.15) is 58.7 Å². The topological polar surface area (TPSA) is 60.2 Å². The second kappa shape index (κ2) is 7.90. The first-order valence-corrected chi connectivity index (χ1v) is 10.9. The number of carbonyl (C=O) groups excluding carboxylic acids is 1. The van der Waals surface area contributed by atoms with Crippen molar-refractivity contribution in [2.24, 2.45) is 0 Å². The minimum Gasteiger partial charge on any atom is -0.491 e. The summed E-state index contributed by atoms with van der Waals surface area (Å²) in [5, 5.41) is 3.97. The van der Waals surface area contributed by atoms with Gasteiger partial charge in [-0.05, 0) is 43.4 Å². The highest BCUT2D eigenvalue weighted by atomic mass is 19.4. The SMILES string of the molecule is CC1CCCc2c(C(F)(F)F)nn(-c3cccc(C(=O)N(C)c4cnc5c(c4)OCC5)c3)c21. The average Bonchev–Trinajstić information content (AvgIpc) is 3.43. The van der Waals surface area contributed by atoms with Gasteiger partial charge in [-0.2, -0.15) is 18.3 Å². The second-order valence-electron chi connectivity index (χ2n) is 8.57. The van der Waals surface area contributed by atoms with Crippen LogP contribution in [-0.2, 0) is 19.0 Å². The molecule has 0 saturated heterocycles. The highest BCUT2D eigenvalue weighted by molar-refractivity contribution is 6.06. The maximum atomic E-state index is 13.7. The van der Waals surface area contributed by atoms with Gasteiger partial charge >= 0.3 is 6.18 Å². The molecule has 1 amide bonds. The molecule has 1 unspecified atom stereocenters.